The molecule has 0 aliphatic heterocycles. The van der Waals surface area contributed by atoms with Crippen LogP contribution in [0.3, 0.4) is 0 Å². The average Bonchev–Trinajstić information content (AvgIpc) is 3.34. The maximum absolute atomic E-state index is 11.8. The minimum atomic E-state index is -0.318. The number of nitrogens with zero attached hydrogens (tertiary/aromatic N) is 2. The Kier molecular flexibility index (Phi) is 5.63. The molecule has 1 fully saturated rings. The lowest BCUT2D eigenvalue weighted by molar-refractivity contribution is 0.0525. The second-order valence-electron chi connectivity index (χ2n) is 6.17. The predicted octanol–water partition coefficient (Wildman–Crippen LogP) is 4.05. The van der Waals surface area contributed by atoms with Crippen LogP contribution in [0.5, 0.6) is 0 Å². The van der Waals surface area contributed by atoms with Crippen LogP contribution in [0.1, 0.15) is 53.3 Å². The number of thiazole rings is 1. The normalized spacial score (nSPS) is 14.1. The van der Waals surface area contributed by atoms with Gasteiger partial charge >= 0.3 is 5.97 Å². The van der Waals surface area contributed by atoms with Crippen LogP contribution in [-0.4, -0.2) is 28.5 Å². The Hall–Kier alpha value is -1.72. The Balaban J connectivity index is 1.64. The molecule has 128 valence electrons. The third-order valence-corrected chi connectivity index (χ3v) is 5.12. The largest absolute Gasteiger partial charge is 0.461 e. The van der Waals surface area contributed by atoms with Crippen LogP contribution in [-0.2, 0) is 24.2 Å². The summed E-state index contributed by atoms with van der Waals surface area (Å²) in [6, 6.07) is 9.51. The number of aryl methyl sites for hydroxylation is 1. The molecule has 0 atom stereocenters. The Bertz CT molecular complexity index is 677. The first-order chi connectivity index (χ1) is 11.7. The zero-order chi connectivity index (χ0) is 16.9. The standard InChI is InChI=1S/C19H24N2O2S/c1-3-14-5-7-15(8-6-14)11-21(17-9-10-17)12-16-13-24-18(20-16)19(22)23-4-2/h5-8,13,17H,3-4,9-12H2,1-2H3. The van der Waals surface area contributed by atoms with Gasteiger partial charge in [-0.3, -0.25) is 4.90 Å². The van der Waals surface area contributed by atoms with Gasteiger partial charge in [0.2, 0.25) is 5.01 Å². The fraction of sp³-hybridized carbons (Fsp3) is 0.474. The van der Waals surface area contributed by atoms with E-state index in [9.17, 15) is 4.79 Å². The van der Waals surface area contributed by atoms with Crippen LogP contribution >= 0.6 is 11.3 Å². The minimum Gasteiger partial charge on any atom is -0.461 e. The summed E-state index contributed by atoms with van der Waals surface area (Å²) >= 11 is 1.37. The molecule has 1 aliphatic carbocycles. The quantitative estimate of drug-likeness (QED) is 0.678. The topological polar surface area (TPSA) is 42.4 Å². The number of carbonyl (C=O) groups is 1. The van der Waals surface area contributed by atoms with Gasteiger partial charge in [0.1, 0.15) is 0 Å². The smallest absolute Gasteiger partial charge is 0.367 e. The average molecular weight is 344 g/mol. The molecule has 0 unspecified atom stereocenters. The maximum Gasteiger partial charge on any atom is 0.367 e. The van der Waals surface area contributed by atoms with E-state index in [1.54, 1.807) is 0 Å². The van der Waals surface area contributed by atoms with Gasteiger partial charge in [-0.25, -0.2) is 9.78 Å². The van der Waals surface area contributed by atoms with Gasteiger partial charge in [-0.05, 0) is 37.3 Å². The second kappa shape index (κ2) is 7.90. The van der Waals surface area contributed by atoms with Crippen LogP contribution in [0.15, 0.2) is 29.6 Å². The van der Waals surface area contributed by atoms with E-state index in [4.69, 9.17) is 4.74 Å². The predicted molar refractivity (Wildman–Crippen MR) is 96.2 cm³/mol. The number of hydrogen-bond acceptors (Lipinski definition) is 5. The van der Waals surface area contributed by atoms with Crippen molar-refractivity contribution in [2.75, 3.05) is 6.61 Å². The number of esters is 1. The van der Waals surface area contributed by atoms with Gasteiger partial charge in [-0.1, -0.05) is 31.2 Å². The highest BCUT2D eigenvalue weighted by Crippen LogP contribution is 2.30. The van der Waals surface area contributed by atoms with E-state index in [1.807, 2.05) is 12.3 Å². The first kappa shape index (κ1) is 17.1. The van der Waals surface area contributed by atoms with Crippen molar-refractivity contribution < 1.29 is 9.53 Å². The Morgan fingerprint density at radius 3 is 2.54 bits per heavy atom. The molecule has 24 heavy (non-hydrogen) atoms. The molecule has 0 spiro atoms. The summed E-state index contributed by atoms with van der Waals surface area (Å²) in [6.45, 7) is 6.09. The lowest BCUT2D eigenvalue weighted by atomic mass is 10.1. The molecular formula is C19H24N2O2S. The van der Waals surface area contributed by atoms with Gasteiger partial charge in [0, 0.05) is 24.5 Å². The highest BCUT2D eigenvalue weighted by Gasteiger charge is 2.29. The summed E-state index contributed by atoms with van der Waals surface area (Å²) in [5, 5.41) is 2.43. The van der Waals surface area contributed by atoms with Crippen molar-refractivity contribution in [2.24, 2.45) is 0 Å². The van der Waals surface area contributed by atoms with E-state index >= 15 is 0 Å². The summed E-state index contributed by atoms with van der Waals surface area (Å²) in [7, 11) is 0. The molecule has 4 nitrogen and oxygen atoms in total. The summed E-state index contributed by atoms with van der Waals surface area (Å²) in [6.07, 6.45) is 3.58. The molecule has 0 N–H and O–H groups in total. The Morgan fingerprint density at radius 1 is 1.21 bits per heavy atom. The van der Waals surface area contributed by atoms with Gasteiger partial charge in [-0.15, -0.1) is 11.3 Å². The molecule has 1 aliphatic rings. The molecule has 1 aromatic heterocycles. The summed E-state index contributed by atoms with van der Waals surface area (Å²) < 4.78 is 5.02. The molecule has 1 aromatic carbocycles. The first-order valence-electron chi connectivity index (χ1n) is 8.63. The lowest BCUT2D eigenvalue weighted by Gasteiger charge is -2.21. The van der Waals surface area contributed by atoms with Gasteiger partial charge < -0.3 is 4.74 Å². The number of ether oxygens (including phenoxy) is 1. The van der Waals surface area contributed by atoms with Gasteiger partial charge in [0.05, 0.1) is 12.3 Å². The number of aromatic nitrogens is 1. The highest BCUT2D eigenvalue weighted by atomic mass is 32.1. The molecule has 0 bridgehead atoms. The van der Waals surface area contributed by atoms with Crippen molar-refractivity contribution in [3.8, 4) is 0 Å². The van der Waals surface area contributed by atoms with E-state index in [0.29, 0.717) is 17.7 Å². The first-order valence-corrected chi connectivity index (χ1v) is 9.51. The Morgan fingerprint density at radius 2 is 1.92 bits per heavy atom. The monoisotopic (exact) mass is 344 g/mol. The summed E-state index contributed by atoms with van der Waals surface area (Å²) in [4.78, 5) is 18.7. The van der Waals surface area contributed by atoms with Crippen LogP contribution in [0.2, 0.25) is 0 Å². The van der Waals surface area contributed by atoms with Gasteiger partial charge in [0.25, 0.3) is 0 Å². The highest BCUT2D eigenvalue weighted by molar-refractivity contribution is 7.11. The molecule has 2 aromatic rings. The van der Waals surface area contributed by atoms with Crippen LogP contribution in [0.25, 0.3) is 0 Å². The molecule has 0 saturated heterocycles. The molecule has 5 heteroatoms. The fourth-order valence-corrected chi connectivity index (χ4v) is 3.44. The number of rotatable bonds is 8. The molecule has 3 rings (SSSR count). The fourth-order valence-electron chi connectivity index (χ4n) is 2.74. The van der Waals surface area contributed by atoms with Gasteiger partial charge in [0.15, 0.2) is 0 Å². The number of hydrogen-bond donors (Lipinski definition) is 0. The van der Waals surface area contributed by atoms with Crippen molar-refractivity contribution in [2.45, 2.75) is 52.2 Å². The second-order valence-corrected chi connectivity index (χ2v) is 7.03. The Labute approximate surface area is 147 Å². The minimum absolute atomic E-state index is 0.318. The van der Waals surface area contributed by atoms with E-state index in [2.05, 4.69) is 41.1 Å². The van der Waals surface area contributed by atoms with Gasteiger partial charge in [-0.2, -0.15) is 0 Å². The number of carbonyl (C=O) groups excluding carboxylic acids is 1. The summed E-state index contributed by atoms with van der Waals surface area (Å²) in [5.41, 5.74) is 3.66. The van der Waals surface area contributed by atoms with E-state index < -0.39 is 0 Å². The zero-order valence-electron chi connectivity index (χ0n) is 14.3. The van der Waals surface area contributed by atoms with Crippen molar-refractivity contribution >= 4 is 17.3 Å². The summed E-state index contributed by atoms with van der Waals surface area (Å²) in [5.74, 6) is -0.318. The van der Waals surface area contributed by atoms with E-state index in [-0.39, 0.29) is 5.97 Å². The van der Waals surface area contributed by atoms with Crippen molar-refractivity contribution in [1.82, 2.24) is 9.88 Å². The lowest BCUT2D eigenvalue weighted by Crippen LogP contribution is -2.25. The van der Waals surface area contributed by atoms with Crippen molar-refractivity contribution in [3.05, 3.63) is 51.5 Å². The van der Waals surface area contributed by atoms with Crippen molar-refractivity contribution in [1.29, 1.82) is 0 Å². The number of benzene rings is 1. The molecule has 1 heterocycles. The van der Waals surface area contributed by atoms with E-state index in [1.165, 1.54) is 35.3 Å². The molecule has 0 radical (unpaired) electrons. The maximum atomic E-state index is 11.8. The van der Waals surface area contributed by atoms with Crippen LogP contribution in [0.4, 0.5) is 0 Å². The molecular weight excluding hydrogens is 320 g/mol. The molecule has 1 saturated carbocycles. The molecule has 0 amide bonds. The van der Waals surface area contributed by atoms with Crippen molar-refractivity contribution in [3.63, 3.8) is 0 Å². The zero-order valence-corrected chi connectivity index (χ0v) is 15.1. The third kappa shape index (κ3) is 4.42. The van der Waals surface area contributed by atoms with Crippen LogP contribution in [0, 0.1) is 0 Å². The van der Waals surface area contributed by atoms with E-state index in [0.717, 1.165) is 25.2 Å². The SMILES string of the molecule is CCOC(=O)c1nc(CN(Cc2ccc(CC)cc2)C2CC2)cs1. The third-order valence-electron chi connectivity index (χ3n) is 4.25. The van der Waals surface area contributed by atoms with Crippen LogP contribution < -0.4 is 0 Å².